The maximum absolute atomic E-state index is 12.2. The average Bonchev–Trinajstić information content (AvgIpc) is 3.00. The van der Waals surface area contributed by atoms with Crippen molar-refractivity contribution >= 4 is 5.91 Å². The van der Waals surface area contributed by atoms with Crippen molar-refractivity contribution < 1.29 is 14.3 Å². The Labute approximate surface area is 109 Å². The minimum Gasteiger partial charge on any atom is -0.375 e. The second-order valence-electron chi connectivity index (χ2n) is 6.13. The highest BCUT2D eigenvalue weighted by atomic mass is 16.5. The van der Waals surface area contributed by atoms with Gasteiger partial charge in [-0.25, -0.2) is 0 Å². The van der Waals surface area contributed by atoms with Gasteiger partial charge in [0.05, 0.1) is 5.60 Å². The van der Waals surface area contributed by atoms with E-state index in [2.05, 4.69) is 6.92 Å². The van der Waals surface area contributed by atoms with E-state index in [-0.39, 0.29) is 17.6 Å². The number of hydrogen-bond acceptors (Lipinski definition) is 3. The molecule has 0 aliphatic carbocycles. The predicted octanol–water partition coefficient (Wildman–Crippen LogP) is 1.58. The van der Waals surface area contributed by atoms with Crippen molar-refractivity contribution in [3.05, 3.63) is 0 Å². The zero-order valence-corrected chi connectivity index (χ0v) is 11.2. The summed E-state index contributed by atoms with van der Waals surface area (Å²) in [5, 5.41) is 0. The van der Waals surface area contributed by atoms with Gasteiger partial charge >= 0.3 is 0 Å². The van der Waals surface area contributed by atoms with Gasteiger partial charge in [-0.05, 0) is 38.0 Å². The molecule has 0 aromatic rings. The van der Waals surface area contributed by atoms with Crippen LogP contribution in [-0.4, -0.2) is 48.8 Å². The smallest absolute Gasteiger partial charge is 0.251 e. The molecule has 3 heterocycles. The fraction of sp³-hybridized carbons (Fsp3) is 0.929. The first-order valence-corrected chi connectivity index (χ1v) is 7.23. The van der Waals surface area contributed by atoms with Gasteiger partial charge in [-0.15, -0.1) is 0 Å². The quantitative estimate of drug-likeness (QED) is 0.712. The molecule has 2 atom stereocenters. The summed E-state index contributed by atoms with van der Waals surface area (Å²) >= 11 is 0. The minimum atomic E-state index is -0.164. The van der Waals surface area contributed by atoms with Crippen LogP contribution in [0.5, 0.6) is 0 Å². The van der Waals surface area contributed by atoms with Gasteiger partial charge in [0.2, 0.25) is 0 Å². The van der Waals surface area contributed by atoms with Gasteiger partial charge in [0.15, 0.2) is 0 Å². The zero-order chi connectivity index (χ0) is 12.6. The Kier molecular flexibility index (Phi) is 3.32. The Morgan fingerprint density at radius 2 is 2.11 bits per heavy atom. The summed E-state index contributed by atoms with van der Waals surface area (Å²) in [4.78, 5) is 14.2. The second kappa shape index (κ2) is 4.82. The van der Waals surface area contributed by atoms with Crippen molar-refractivity contribution in [1.29, 1.82) is 0 Å². The molecule has 0 aromatic carbocycles. The van der Waals surface area contributed by atoms with Gasteiger partial charge in [0.1, 0.15) is 6.10 Å². The molecule has 0 aromatic heterocycles. The van der Waals surface area contributed by atoms with E-state index < -0.39 is 0 Å². The topological polar surface area (TPSA) is 38.8 Å². The van der Waals surface area contributed by atoms with Crippen molar-refractivity contribution in [3.63, 3.8) is 0 Å². The van der Waals surface area contributed by atoms with Crippen molar-refractivity contribution in [2.24, 2.45) is 5.92 Å². The number of rotatable bonds is 1. The summed E-state index contributed by atoms with van der Waals surface area (Å²) in [7, 11) is 0. The summed E-state index contributed by atoms with van der Waals surface area (Å²) in [6, 6.07) is 0. The maximum atomic E-state index is 12.2. The first kappa shape index (κ1) is 12.4. The Morgan fingerprint density at radius 1 is 1.33 bits per heavy atom. The lowest BCUT2D eigenvalue weighted by molar-refractivity contribution is -0.145. The lowest BCUT2D eigenvalue weighted by atomic mass is 9.86. The average molecular weight is 253 g/mol. The molecule has 0 radical (unpaired) electrons. The molecule has 3 fully saturated rings. The van der Waals surface area contributed by atoms with Gasteiger partial charge < -0.3 is 14.4 Å². The summed E-state index contributed by atoms with van der Waals surface area (Å²) in [6.45, 7) is 5.56. The normalized spacial score (nSPS) is 35.3. The predicted molar refractivity (Wildman–Crippen MR) is 67.3 cm³/mol. The van der Waals surface area contributed by atoms with Gasteiger partial charge in [-0.2, -0.15) is 0 Å². The molecule has 2 unspecified atom stereocenters. The maximum Gasteiger partial charge on any atom is 0.251 e. The third-order valence-corrected chi connectivity index (χ3v) is 4.59. The Morgan fingerprint density at radius 3 is 2.67 bits per heavy atom. The molecular formula is C14H23NO3. The molecule has 102 valence electrons. The van der Waals surface area contributed by atoms with Crippen LogP contribution in [0.1, 0.15) is 39.0 Å². The number of likely N-dealkylation sites (tertiary alicyclic amines) is 1. The number of piperidine rings is 1. The lowest BCUT2D eigenvalue weighted by Gasteiger charge is -2.39. The minimum absolute atomic E-state index is 0.0761. The zero-order valence-electron chi connectivity index (χ0n) is 11.2. The molecule has 0 N–H and O–H groups in total. The fourth-order valence-electron chi connectivity index (χ4n) is 3.53. The van der Waals surface area contributed by atoms with Crippen LogP contribution in [0.2, 0.25) is 0 Å². The molecule has 3 aliphatic heterocycles. The molecule has 4 heteroatoms. The number of nitrogens with zero attached hydrogens (tertiary/aromatic N) is 1. The molecule has 3 saturated heterocycles. The summed E-state index contributed by atoms with van der Waals surface area (Å²) in [5.74, 6) is 0.874. The lowest BCUT2D eigenvalue weighted by Crippen LogP contribution is -2.49. The van der Waals surface area contributed by atoms with Gasteiger partial charge in [0, 0.05) is 26.3 Å². The SMILES string of the molecule is CC1COC2(CCN(C(=O)C3CCCO3)CC2)C1. The molecule has 1 amide bonds. The first-order valence-electron chi connectivity index (χ1n) is 7.23. The van der Waals surface area contributed by atoms with Crippen LogP contribution in [0, 0.1) is 5.92 Å². The molecule has 3 rings (SSSR count). The van der Waals surface area contributed by atoms with Gasteiger partial charge in [-0.3, -0.25) is 4.79 Å². The Bertz CT molecular complexity index is 317. The number of carbonyl (C=O) groups excluding carboxylic acids is 1. The van der Waals surface area contributed by atoms with E-state index in [4.69, 9.17) is 9.47 Å². The van der Waals surface area contributed by atoms with Crippen LogP contribution in [0.15, 0.2) is 0 Å². The third kappa shape index (κ3) is 2.28. The molecule has 0 bridgehead atoms. The van der Waals surface area contributed by atoms with E-state index in [1.165, 1.54) is 0 Å². The van der Waals surface area contributed by atoms with Crippen LogP contribution >= 0.6 is 0 Å². The molecule has 18 heavy (non-hydrogen) atoms. The number of hydrogen-bond donors (Lipinski definition) is 0. The number of amides is 1. The summed E-state index contributed by atoms with van der Waals surface area (Å²) < 4.78 is 11.5. The van der Waals surface area contributed by atoms with E-state index in [0.29, 0.717) is 5.92 Å². The Hall–Kier alpha value is -0.610. The second-order valence-corrected chi connectivity index (χ2v) is 6.13. The highest BCUT2D eigenvalue weighted by Gasteiger charge is 2.42. The van der Waals surface area contributed by atoms with Crippen molar-refractivity contribution in [2.75, 3.05) is 26.3 Å². The molecule has 4 nitrogen and oxygen atoms in total. The monoisotopic (exact) mass is 253 g/mol. The van der Waals surface area contributed by atoms with E-state index in [0.717, 1.165) is 58.4 Å². The van der Waals surface area contributed by atoms with Crippen LogP contribution in [0.25, 0.3) is 0 Å². The molecule has 3 aliphatic rings. The van der Waals surface area contributed by atoms with E-state index in [9.17, 15) is 4.79 Å². The van der Waals surface area contributed by atoms with E-state index in [1.807, 2.05) is 4.90 Å². The summed E-state index contributed by atoms with van der Waals surface area (Å²) in [6.07, 6.45) is 4.91. The largest absolute Gasteiger partial charge is 0.375 e. The van der Waals surface area contributed by atoms with Crippen LogP contribution in [0.4, 0.5) is 0 Å². The number of ether oxygens (including phenoxy) is 2. The summed E-state index contributed by atoms with van der Waals surface area (Å²) in [5.41, 5.74) is 0.0761. The number of carbonyl (C=O) groups is 1. The molecular weight excluding hydrogens is 230 g/mol. The van der Waals surface area contributed by atoms with E-state index in [1.54, 1.807) is 0 Å². The third-order valence-electron chi connectivity index (χ3n) is 4.59. The van der Waals surface area contributed by atoms with E-state index >= 15 is 0 Å². The van der Waals surface area contributed by atoms with Gasteiger partial charge in [-0.1, -0.05) is 6.92 Å². The van der Waals surface area contributed by atoms with Crippen molar-refractivity contribution in [1.82, 2.24) is 4.90 Å². The van der Waals surface area contributed by atoms with Crippen molar-refractivity contribution in [2.45, 2.75) is 50.7 Å². The van der Waals surface area contributed by atoms with Crippen LogP contribution in [-0.2, 0) is 14.3 Å². The fourth-order valence-corrected chi connectivity index (χ4v) is 3.53. The first-order chi connectivity index (χ1) is 8.69. The van der Waals surface area contributed by atoms with Crippen molar-refractivity contribution in [3.8, 4) is 0 Å². The van der Waals surface area contributed by atoms with Crippen LogP contribution in [0.3, 0.4) is 0 Å². The highest BCUT2D eigenvalue weighted by molar-refractivity contribution is 5.81. The van der Waals surface area contributed by atoms with Gasteiger partial charge in [0.25, 0.3) is 5.91 Å². The highest BCUT2D eigenvalue weighted by Crippen LogP contribution is 2.38. The molecule has 1 spiro atoms. The molecule has 0 saturated carbocycles. The van der Waals surface area contributed by atoms with Crippen LogP contribution < -0.4 is 0 Å². The Balaban J connectivity index is 1.55. The standard InChI is InChI=1S/C14H23NO3/c1-11-9-14(18-10-11)4-6-15(7-5-14)13(16)12-3-2-8-17-12/h11-12H,2-10H2,1H3.